The van der Waals surface area contributed by atoms with E-state index in [1.165, 1.54) is 0 Å². The standard InChI is InChI=1S/C11H21N3O3/c12-5-6-13-10(16)11(17)14-7-2-1-3-9(14)4-8-15/h9,15H,1-8,12H2,(H,13,16). The number of carbonyl (C=O) groups is 2. The van der Waals surface area contributed by atoms with Gasteiger partial charge in [-0.3, -0.25) is 9.59 Å². The molecule has 1 rings (SSSR count). The Balaban J connectivity index is 2.54. The van der Waals surface area contributed by atoms with Crippen molar-refractivity contribution in [3.8, 4) is 0 Å². The van der Waals surface area contributed by atoms with Crippen LogP contribution in [0, 0.1) is 0 Å². The molecule has 1 atom stereocenters. The molecule has 0 aliphatic carbocycles. The predicted octanol–water partition coefficient (Wildman–Crippen LogP) is -1.18. The Morgan fingerprint density at radius 2 is 2.18 bits per heavy atom. The fraction of sp³-hybridized carbons (Fsp3) is 0.818. The van der Waals surface area contributed by atoms with E-state index in [0.717, 1.165) is 19.3 Å². The van der Waals surface area contributed by atoms with E-state index in [1.807, 2.05) is 0 Å². The van der Waals surface area contributed by atoms with Crippen molar-refractivity contribution in [1.29, 1.82) is 0 Å². The molecular weight excluding hydrogens is 222 g/mol. The van der Waals surface area contributed by atoms with Crippen molar-refractivity contribution in [1.82, 2.24) is 10.2 Å². The number of nitrogens with one attached hydrogen (secondary N) is 1. The third-order valence-electron chi connectivity index (χ3n) is 2.97. The first-order valence-electron chi connectivity index (χ1n) is 6.10. The highest BCUT2D eigenvalue weighted by molar-refractivity contribution is 6.35. The number of aliphatic hydroxyl groups is 1. The van der Waals surface area contributed by atoms with E-state index in [1.54, 1.807) is 4.90 Å². The second kappa shape index (κ2) is 7.24. The Kier molecular flexibility index (Phi) is 5.93. The minimum absolute atomic E-state index is 0.00937. The van der Waals surface area contributed by atoms with Crippen LogP contribution in [0.25, 0.3) is 0 Å². The van der Waals surface area contributed by atoms with Crippen LogP contribution in [0.2, 0.25) is 0 Å². The lowest BCUT2D eigenvalue weighted by Gasteiger charge is -2.34. The summed E-state index contributed by atoms with van der Waals surface area (Å²) in [5, 5.41) is 11.4. The van der Waals surface area contributed by atoms with E-state index in [4.69, 9.17) is 10.8 Å². The van der Waals surface area contributed by atoms with Gasteiger partial charge in [0.05, 0.1) is 0 Å². The van der Waals surface area contributed by atoms with E-state index in [2.05, 4.69) is 5.32 Å². The van der Waals surface area contributed by atoms with E-state index in [-0.39, 0.29) is 12.6 Å². The molecule has 0 aromatic carbocycles. The van der Waals surface area contributed by atoms with Gasteiger partial charge in [-0.1, -0.05) is 0 Å². The first-order valence-corrected chi connectivity index (χ1v) is 6.10. The van der Waals surface area contributed by atoms with Gasteiger partial charge in [0.25, 0.3) is 0 Å². The van der Waals surface area contributed by atoms with Crippen LogP contribution in [0.15, 0.2) is 0 Å². The Labute approximate surface area is 101 Å². The highest BCUT2D eigenvalue weighted by Crippen LogP contribution is 2.19. The lowest BCUT2D eigenvalue weighted by molar-refractivity contribution is -0.148. The largest absolute Gasteiger partial charge is 0.396 e. The minimum Gasteiger partial charge on any atom is -0.396 e. The second-order valence-corrected chi connectivity index (χ2v) is 4.21. The second-order valence-electron chi connectivity index (χ2n) is 4.21. The van der Waals surface area contributed by atoms with Crippen LogP contribution in [-0.2, 0) is 9.59 Å². The van der Waals surface area contributed by atoms with Crippen LogP contribution in [0.5, 0.6) is 0 Å². The van der Waals surface area contributed by atoms with Crippen LogP contribution in [0.3, 0.4) is 0 Å². The Morgan fingerprint density at radius 1 is 1.41 bits per heavy atom. The zero-order chi connectivity index (χ0) is 12.7. The van der Waals surface area contributed by atoms with E-state index in [0.29, 0.717) is 26.1 Å². The van der Waals surface area contributed by atoms with Crippen LogP contribution in [0.4, 0.5) is 0 Å². The summed E-state index contributed by atoms with van der Waals surface area (Å²) >= 11 is 0. The number of aliphatic hydroxyl groups excluding tert-OH is 1. The average Bonchev–Trinajstić information content (AvgIpc) is 2.36. The molecule has 1 aliphatic rings. The topological polar surface area (TPSA) is 95.7 Å². The van der Waals surface area contributed by atoms with Crippen molar-refractivity contribution in [2.45, 2.75) is 31.7 Å². The fourth-order valence-electron chi connectivity index (χ4n) is 2.11. The molecule has 1 fully saturated rings. The number of piperidine rings is 1. The van der Waals surface area contributed by atoms with Gasteiger partial charge in [-0.05, 0) is 25.7 Å². The smallest absolute Gasteiger partial charge is 0.312 e. The quantitative estimate of drug-likeness (QED) is 0.542. The Bertz CT molecular complexity index is 269. The van der Waals surface area contributed by atoms with E-state index >= 15 is 0 Å². The SMILES string of the molecule is NCCNC(=O)C(=O)N1CCCCC1CCO. The van der Waals surface area contributed by atoms with Crippen LogP contribution >= 0.6 is 0 Å². The molecule has 0 saturated carbocycles. The van der Waals surface area contributed by atoms with Crippen molar-refractivity contribution in [3.63, 3.8) is 0 Å². The van der Waals surface area contributed by atoms with Crippen LogP contribution in [0.1, 0.15) is 25.7 Å². The zero-order valence-corrected chi connectivity index (χ0v) is 10.0. The van der Waals surface area contributed by atoms with Crippen molar-refractivity contribution in [2.75, 3.05) is 26.2 Å². The van der Waals surface area contributed by atoms with Crippen molar-refractivity contribution >= 4 is 11.8 Å². The number of carbonyl (C=O) groups excluding carboxylic acids is 2. The molecular formula is C11H21N3O3. The summed E-state index contributed by atoms with van der Waals surface area (Å²) in [5.41, 5.74) is 5.26. The first kappa shape index (κ1) is 13.9. The third-order valence-corrected chi connectivity index (χ3v) is 2.97. The highest BCUT2D eigenvalue weighted by atomic mass is 16.3. The average molecular weight is 243 g/mol. The Hall–Kier alpha value is -1.14. The van der Waals surface area contributed by atoms with E-state index < -0.39 is 11.8 Å². The van der Waals surface area contributed by atoms with Gasteiger partial charge < -0.3 is 21.1 Å². The van der Waals surface area contributed by atoms with Crippen molar-refractivity contribution < 1.29 is 14.7 Å². The maximum Gasteiger partial charge on any atom is 0.312 e. The summed E-state index contributed by atoms with van der Waals surface area (Å²) in [6, 6.07) is -0.00937. The summed E-state index contributed by atoms with van der Waals surface area (Å²) in [5.74, 6) is -1.10. The summed E-state index contributed by atoms with van der Waals surface area (Å²) in [6.07, 6.45) is 3.35. The van der Waals surface area contributed by atoms with Gasteiger partial charge in [0.2, 0.25) is 0 Å². The highest BCUT2D eigenvalue weighted by Gasteiger charge is 2.29. The predicted molar refractivity (Wildman–Crippen MR) is 63.1 cm³/mol. The van der Waals surface area contributed by atoms with Gasteiger partial charge in [0, 0.05) is 32.3 Å². The van der Waals surface area contributed by atoms with Crippen molar-refractivity contribution in [2.24, 2.45) is 5.73 Å². The van der Waals surface area contributed by atoms with Gasteiger partial charge >= 0.3 is 11.8 Å². The summed E-state index contributed by atoms with van der Waals surface area (Å²) in [6.45, 7) is 1.26. The number of nitrogens with two attached hydrogens (primary N) is 1. The monoisotopic (exact) mass is 243 g/mol. The molecule has 6 heteroatoms. The molecule has 0 radical (unpaired) electrons. The number of nitrogens with zero attached hydrogens (tertiary/aromatic N) is 1. The molecule has 98 valence electrons. The zero-order valence-electron chi connectivity index (χ0n) is 10.0. The molecule has 1 heterocycles. The molecule has 0 spiro atoms. The lowest BCUT2D eigenvalue weighted by Crippen LogP contribution is -2.50. The molecule has 1 aliphatic heterocycles. The molecule has 2 amide bonds. The molecule has 1 saturated heterocycles. The minimum atomic E-state index is -0.597. The van der Waals surface area contributed by atoms with Gasteiger partial charge in [-0.2, -0.15) is 0 Å². The van der Waals surface area contributed by atoms with Gasteiger partial charge in [0.15, 0.2) is 0 Å². The Morgan fingerprint density at radius 3 is 2.82 bits per heavy atom. The van der Waals surface area contributed by atoms with Gasteiger partial charge in [-0.25, -0.2) is 0 Å². The maximum absolute atomic E-state index is 11.9. The van der Waals surface area contributed by atoms with Crippen molar-refractivity contribution in [3.05, 3.63) is 0 Å². The number of rotatable bonds is 4. The number of likely N-dealkylation sites (tertiary alicyclic amines) is 1. The molecule has 0 aromatic heterocycles. The molecule has 0 aromatic rings. The number of hydrogen-bond donors (Lipinski definition) is 3. The fourth-order valence-corrected chi connectivity index (χ4v) is 2.11. The third kappa shape index (κ3) is 3.98. The maximum atomic E-state index is 11.9. The number of hydrogen-bond acceptors (Lipinski definition) is 4. The summed E-state index contributed by atoms with van der Waals surface area (Å²) < 4.78 is 0. The molecule has 6 nitrogen and oxygen atoms in total. The van der Waals surface area contributed by atoms with E-state index in [9.17, 15) is 9.59 Å². The summed E-state index contributed by atoms with van der Waals surface area (Å²) in [7, 11) is 0. The van der Waals surface area contributed by atoms with Gasteiger partial charge in [0.1, 0.15) is 0 Å². The van der Waals surface area contributed by atoms with Crippen LogP contribution < -0.4 is 11.1 Å². The first-order chi connectivity index (χ1) is 8.20. The molecule has 4 N–H and O–H groups in total. The van der Waals surface area contributed by atoms with Crippen LogP contribution in [-0.4, -0.2) is 54.1 Å². The normalized spacial score (nSPS) is 20.1. The lowest BCUT2D eigenvalue weighted by atomic mass is 9.99. The molecule has 0 bridgehead atoms. The summed E-state index contributed by atoms with van der Waals surface area (Å²) in [4.78, 5) is 25.0. The molecule has 17 heavy (non-hydrogen) atoms. The molecule has 1 unspecified atom stereocenters. The number of amides is 2. The van der Waals surface area contributed by atoms with Gasteiger partial charge in [-0.15, -0.1) is 0 Å².